The zero-order valence-corrected chi connectivity index (χ0v) is 18.8. The maximum Gasteiger partial charge on any atom is 0.283 e. The van der Waals surface area contributed by atoms with E-state index in [4.69, 9.17) is 14.9 Å². The monoisotopic (exact) mass is 448 g/mol. The molecular weight excluding hydrogens is 424 g/mol. The molecule has 0 fully saturated rings. The average molecular weight is 449 g/mol. The van der Waals surface area contributed by atoms with E-state index in [9.17, 15) is 4.79 Å². The van der Waals surface area contributed by atoms with E-state index < -0.39 is 5.91 Å². The predicted octanol–water partition coefficient (Wildman–Crippen LogP) is 4.87. The van der Waals surface area contributed by atoms with Crippen LogP contribution in [0, 0.1) is 12.3 Å². The van der Waals surface area contributed by atoms with Gasteiger partial charge < -0.3 is 9.47 Å². The number of ether oxygens (including phenoxy) is 2. The number of nitrogens with zero attached hydrogens (tertiary/aromatic N) is 3. The van der Waals surface area contributed by atoms with Crippen molar-refractivity contribution in [2.24, 2.45) is 10.1 Å². The number of aliphatic imine (C=N–C) groups is 1. The summed E-state index contributed by atoms with van der Waals surface area (Å²) in [5.41, 5.74) is 2.01. The lowest BCUT2D eigenvalue weighted by Crippen LogP contribution is -2.35. The van der Waals surface area contributed by atoms with Crippen molar-refractivity contribution in [3.63, 3.8) is 0 Å². The fourth-order valence-electron chi connectivity index (χ4n) is 3.25. The number of aryl methyl sites for hydroxylation is 1. The number of para-hydroxylation sites is 1. The second kappa shape index (κ2) is 9.82. The molecule has 1 N–H and O–H groups in total. The van der Waals surface area contributed by atoms with Crippen molar-refractivity contribution in [1.82, 2.24) is 5.01 Å². The van der Waals surface area contributed by atoms with E-state index >= 15 is 0 Å². The topological polar surface area (TPSA) is 87.3 Å². The molecule has 164 valence electrons. The van der Waals surface area contributed by atoms with Crippen LogP contribution in [-0.4, -0.2) is 40.2 Å². The first-order valence-corrected chi connectivity index (χ1v) is 11.3. The molecule has 0 spiro atoms. The third-order valence-electron chi connectivity index (χ3n) is 4.78. The molecule has 0 aromatic heterocycles. The van der Waals surface area contributed by atoms with Gasteiger partial charge in [-0.2, -0.15) is 15.1 Å². The van der Waals surface area contributed by atoms with Crippen molar-refractivity contribution in [3.8, 4) is 11.5 Å². The molecule has 1 amide bonds. The lowest BCUT2D eigenvalue weighted by atomic mass is 10.1. The SMILES string of the molecule is CCCC1=NN2C(=N)/C(=C\c3ccccc3OCCOc3cccc(C)c3)C(=O)N=C2S1. The average Bonchev–Trinajstić information content (AvgIpc) is 3.18. The Morgan fingerprint density at radius 2 is 1.94 bits per heavy atom. The summed E-state index contributed by atoms with van der Waals surface area (Å²) in [7, 11) is 0. The van der Waals surface area contributed by atoms with Crippen molar-refractivity contribution in [2.45, 2.75) is 26.7 Å². The molecule has 8 heteroatoms. The molecule has 0 atom stereocenters. The minimum absolute atomic E-state index is 0.0242. The van der Waals surface area contributed by atoms with Crippen LogP contribution >= 0.6 is 11.8 Å². The number of nitrogens with one attached hydrogen (secondary N) is 1. The number of hydrogen-bond donors (Lipinski definition) is 1. The van der Waals surface area contributed by atoms with Gasteiger partial charge in [0.1, 0.15) is 29.8 Å². The van der Waals surface area contributed by atoms with Crippen molar-refractivity contribution in [3.05, 3.63) is 65.2 Å². The number of carbonyl (C=O) groups is 1. The number of benzene rings is 2. The van der Waals surface area contributed by atoms with Gasteiger partial charge in [0.25, 0.3) is 5.91 Å². The van der Waals surface area contributed by atoms with Gasteiger partial charge >= 0.3 is 0 Å². The normalized spacial score (nSPS) is 16.7. The van der Waals surface area contributed by atoms with Gasteiger partial charge in [-0.3, -0.25) is 10.2 Å². The standard InChI is InChI=1S/C24H24N4O3S/c1-3-7-21-27-28-22(25)19(23(29)26-24(28)32-21)15-17-9-4-5-11-20(17)31-13-12-30-18-10-6-8-16(2)14-18/h4-6,8-11,14-15,25H,3,7,12-13H2,1-2H3/b19-15+,25-22?. The number of amidine groups is 2. The number of fused-ring (bicyclic) bond motifs is 1. The Morgan fingerprint density at radius 1 is 1.12 bits per heavy atom. The molecule has 2 aromatic rings. The highest BCUT2D eigenvalue weighted by molar-refractivity contribution is 8.26. The highest BCUT2D eigenvalue weighted by Gasteiger charge is 2.35. The summed E-state index contributed by atoms with van der Waals surface area (Å²) in [5, 5.41) is 15.7. The van der Waals surface area contributed by atoms with Crippen LogP contribution in [0.3, 0.4) is 0 Å². The number of carbonyl (C=O) groups excluding carboxylic acids is 1. The molecule has 4 rings (SSSR count). The summed E-state index contributed by atoms with van der Waals surface area (Å²) in [6.07, 6.45) is 3.37. The fourth-order valence-corrected chi connectivity index (χ4v) is 4.24. The van der Waals surface area contributed by atoms with E-state index in [1.807, 2.05) is 55.5 Å². The Labute approximate surface area is 191 Å². The van der Waals surface area contributed by atoms with Gasteiger partial charge in [-0.25, -0.2) is 0 Å². The van der Waals surface area contributed by atoms with Crippen LogP contribution < -0.4 is 9.47 Å². The number of hydrazone groups is 1. The van der Waals surface area contributed by atoms with E-state index in [1.54, 1.807) is 6.08 Å². The predicted molar refractivity (Wildman–Crippen MR) is 129 cm³/mol. The van der Waals surface area contributed by atoms with Crippen molar-refractivity contribution in [2.75, 3.05) is 13.2 Å². The third-order valence-corrected chi connectivity index (χ3v) is 5.75. The van der Waals surface area contributed by atoms with E-state index in [-0.39, 0.29) is 11.4 Å². The molecule has 32 heavy (non-hydrogen) atoms. The van der Waals surface area contributed by atoms with Gasteiger partial charge in [0, 0.05) is 5.56 Å². The second-order valence-electron chi connectivity index (χ2n) is 7.32. The Morgan fingerprint density at radius 3 is 2.75 bits per heavy atom. The van der Waals surface area contributed by atoms with E-state index in [1.165, 1.54) is 16.8 Å². The first kappa shape index (κ1) is 21.8. The fraction of sp³-hybridized carbons (Fsp3) is 0.250. The van der Waals surface area contributed by atoms with Crippen LogP contribution in [0.5, 0.6) is 11.5 Å². The van der Waals surface area contributed by atoms with Crippen molar-refractivity contribution < 1.29 is 14.3 Å². The molecular formula is C24H24N4O3S. The Bertz CT molecular complexity index is 1140. The third kappa shape index (κ3) is 4.91. The number of rotatable bonds is 8. The molecule has 7 nitrogen and oxygen atoms in total. The molecule has 0 bridgehead atoms. The molecule has 2 aromatic carbocycles. The molecule has 0 saturated carbocycles. The van der Waals surface area contributed by atoms with Gasteiger partial charge in [-0.1, -0.05) is 37.3 Å². The van der Waals surface area contributed by atoms with Gasteiger partial charge in [-0.05, 0) is 61.4 Å². The minimum Gasteiger partial charge on any atom is -0.490 e. The first-order chi connectivity index (χ1) is 15.5. The number of amides is 1. The Balaban J connectivity index is 1.46. The van der Waals surface area contributed by atoms with E-state index in [0.717, 1.165) is 29.2 Å². The van der Waals surface area contributed by atoms with Gasteiger partial charge in [0.15, 0.2) is 5.84 Å². The molecule has 2 aliphatic heterocycles. The number of hydrogen-bond acceptors (Lipinski definition) is 6. The second-order valence-corrected chi connectivity index (χ2v) is 8.36. The van der Waals surface area contributed by atoms with Gasteiger partial charge in [-0.15, -0.1) is 0 Å². The largest absolute Gasteiger partial charge is 0.490 e. The van der Waals surface area contributed by atoms with Crippen LogP contribution in [0.4, 0.5) is 0 Å². The first-order valence-electron chi connectivity index (χ1n) is 10.5. The summed E-state index contributed by atoms with van der Waals surface area (Å²) in [4.78, 5) is 16.8. The van der Waals surface area contributed by atoms with Gasteiger partial charge in [0.05, 0.1) is 5.57 Å². The maximum absolute atomic E-state index is 12.6. The lowest BCUT2D eigenvalue weighted by molar-refractivity contribution is -0.114. The van der Waals surface area contributed by atoms with Crippen molar-refractivity contribution in [1.29, 1.82) is 5.41 Å². The van der Waals surface area contributed by atoms with E-state index in [2.05, 4.69) is 17.0 Å². The summed E-state index contributed by atoms with van der Waals surface area (Å²) < 4.78 is 11.6. The Hall–Kier alpha value is -3.39. The van der Waals surface area contributed by atoms with Crippen LogP contribution in [0.1, 0.15) is 30.9 Å². The smallest absolute Gasteiger partial charge is 0.283 e. The maximum atomic E-state index is 12.6. The highest BCUT2D eigenvalue weighted by atomic mass is 32.2. The van der Waals surface area contributed by atoms with Crippen LogP contribution in [0.25, 0.3) is 6.08 Å². The van der Waals surface area contributed by atoms with Crippen LogP contribution in [0.15, 0.2) is 64.2 Å². The summed E-state index contributed by atoms with van der Waals surface area (Å²) in [5.74, 6) is 0.982. The van der Waals surface area contributed by atoms with Crippen LogP contribution in [0.2, 0.25) is 0 Å². The minimum atomic E-state index is -0.445. The molecule has 0 aliphatic carbocycles. The molecule has 0 unspecified atom stereocenters. The zero-order chi connectivity index (χ0) is 22.5. The van der Waals surface area contributed by atoms with Crippen LogP contribution in [-0.2, 0) is 4.79 Å². The molecule has 2 heterocycles. The highest BCUT2D eigenvalue weighted by Crippen LogP contribution is 2.31. The summed E-state index contributed by atoms with van der Waals surface area (Å²) in [6, 6.07) is 15.2. The Kier molecular flexibility index (Phi) is 6.70. The molecule has 0 saturated heterocycles. The quantitative estimate of drug-likeness (QED) is 0.460. The summed E-state index contributed by atoms with van der Waals surface area (Å²) >= 11 is 1.35. The zero-order valence-electron chi connectivity index (χ0n) is 18.0. The summed E-state index contributed by atoms with van der Waals surface area (Å²) in [6.45, 7) is 4.81. The van der Waals surface area contributed by atoms with Crippen molar-refractivity contribution >= 4 is 39.8 Å². The lowest BCUT2D eigenvalue weighted by Gasteiger charge is -2.20. The van der Waals surface area contributed by atoms with E-state index in [0.29, 0.717) is 29.7 Å². The number of thioether (sulfide) groups is 1. The molecule has 2 aliphatic rings. The molecule has 0 radical (unpaired) electrons. The van der Waals surface area contributed by atoms with Gasteiger partial charge in [0.2, 0.25) is 5.17 Å².